The molecule has 7 heteroatoms. The second kappa shape index (κ2) is 8.67. The van der Waals surface area contributed by atoms with Crippen molar-refractivity contribution in [3.8, 4) is 5.75 Å². The normalized spacial score (nSPS) is 17.2. The number of hydrogen-bond acceptors (Lipinski definition) is 6. The summed E-state index contributed by atoms with van der Waals surface area (Å²) in [4.78, 5) is 41.5. The zero-order chi connectivity index (χ0) is 24.5. The molecule has 0 radical (unpaired) electrons. The molecule has 0 saturated carbocycles. The Hall–Kier alpha value is -4.13. The average Bonchev–Trinajstić information content (AvgIpc) is 3.07. The van der Waals surface area contributed by atoms with Gasteiger partial charge in [-0.05, 0) is 45.0 Å². The maximum absolute atomic E-state index is 14.1. The second-order valence-corrected chi connectivity index (χ2v) is 8.78. The van der Waals surface area contributed by atoms with Crippen LogP contribution in [0.15, 0.2) is 78.9 Å². The van der Waals surface area contributed by atoms with Crippen LogP contribution in [0.1, 0.15) is 42.3 Å². The zero-order valence-electron chi connectivity index (χ0n) is 19.4. The van der Waals surface area contributed by atoms with Crippen LogP contribution < -0.4 is 9.64 Å². The highest BCUT2D eigenvalue weighted by Gasteiger charge is 2.59. The van der Waals surface area contributed by atoms with Crippen LogP contribution in [0.2, 0.25) is 0 Å². The highest BCUT2D eigenvalue weighted by Crippen LogP contribution is 2.50. The van der Waals surface area contributed by atoms with E-state index in [0.29, 0.717) is 16.9 Å². The van der Waals surface area contributed by atoms with E-state index >= 15 is 0 Å². The predicted molar refractivity (Wildman–Crippen MR) is 126 cm³/mol. The molecule has 1 aliphatic rings. The van der Waals surface area contributed by atoms with E-state index in [1.54, 1.807) is 99.6 Å². The van der Waals surface area contributed by atoms with Crippen LogP contribution in [-0.4, -0.2) is 30.7 Å². The maximum atomic E-state index is 14.1. The number of esters is 1. The Labute approximate surface area is 197 Å². The van der Waals surface area contributed by atoms with Crippen molar-refractivity contribution in [1.29, 1.82) is 0 Å². The Morgan fingerprint density at radius 3 is 2.06 bits per heavy atom. The molecule has 2 amide bonds. The van der Waals surface area contributed by atoms with Gasteiger partial charge in [0.25, 0.3) is 5.91 Å². The smallest absolute Gasteiger partial charge is 0.421 e. The minimum absolute atomic E-state index is 0.262. The van der Waals surface area contributed by atoms with Crippen LogP contribution in [-0.2, 0) is 19.9 Å². The van der Waals surface area contributed by atoms with Crippen molar-refractivity contribution in [3.05, 3.63) is 95.6 Å². The molecular weight excluding hydrogens is 434 g/mol. The number of imide groups is 1. The molecule has 1 heterocycles. The molecule has 7 nitrogen and oxygen atoms in total. The Balaban J connectivity index is 1.95. The summed E-state index contributed by atoms with van der Waals surface area (Å²) in [7, 11) is 1.46. The number of ether oxygens (including phenoxy) is 3. The average molecular weight is 459 g/mol. The van der Waals surface area contributed by atoms with Gasteiger partial charge in [0.2, 0.25) is 5.60 Å². The predicted octanol–water partition coefficient (Wildman–Crippen LogP) is 5.08. The van der Waals surface area contributed by atoms with E-state index in [1.165, 1.54) is 7.11 Å². The fourth-order valence-electron chi connectivity index (χ4n) is 3.96. The van der Waals surface area contributed by atoms with E-state index in [2.05, 4.69) is 0 Å². The van der Waals surface area contributed by atoms with E-state index < -0.39 is 29.2 Å². The molecule has 34 heavy (non-hydrogen) atoms. The van der Waals surface area contributed by atoms with E-state index in [0.717, 1.165) is 4.90 Å². The van der Waals surface area contributed by atoms with Gasteiger partial charge in [0.1, 0.15) is 11.4 Å². The van der Waals surface area contributed by atoms with Gasteiger partial charge < -0.3 is 14.2 Å². The first-order chi connectivity index (χ1) is 16.2. The van der Waals surface area contributed by atoms with Gasteiger partial charge in [0, 0.05) is 5.56 Å². The lowest BCUT2D eigenvalue weighted by Crippen LogP contribution is -2.48. The fourth-order valence-corrected chi connectivity index (χ4v) is 3.96. The van der Waals surface area contributed by atoms with Crippen molar-refractivity contribution in [2.45, 2.75) is 32.0 Å². The number of benzene rings is 3. The van der Waals surface area contributed by atoms with E-state index in [9.17, 15) is 14.4 Å². The van der Waals surface area contributed by atoms with Crippen LogP contribution >= 0.6 is 0 Å². The molecule has 1 atom stereocenters. The summed E-state index contributed by atoms with van der Waals surface area (Å²) in [6, 6.07) is 21.8. The largest absolute Gasteiger partial charge is 0.496 e. The third-order valence-electron chi connectivity index (χ3n) is 5.35. The summed E-state index contributed by atoms with van der Waals surface area (Å²) in [5.74, 6) is -1.16. The maximum Gasteiger partial charge on any atom is 0.421 e. The first kappa shape index (κ1) is 23.0. The third-order valence-corrected chi connectivity index (χ3v) is 5.35. The summed E-state index contributed by atoms with van der Waals surface area (Å²) >= 11 is 0. The molecule has 0 aliphatic carbocycles. The Morgan fingerprint density at radius 1 is 0.824 bits per heavy atom. The van der Waals surface area contributed by atoms with Gasteiger partial charge in [-0.2, -0.15) is 0 Å². The molecule has 0 aromatic heterocycles. The Bertz CT molecular complexity index is 1250. The number of para-hydroxylation sites is 2. The SMILES string of the molecule is COc1ccccc1[C@@]1(OC(=O)c2ccccc2)C(=O)N(C(=O)OC(C)(C)C)c2ccccc21. The molecule has 3 aromatic rings. The number of hydrogen-bond donors (Lipinski definition) is 0. The van der Waals surface area contributed by atoms with Crippen molar-refractivity contribution < 1.29 is 28.6 Å². The minimum Gasteiger partial charge on any atom is -0.496 e. The number of carbonyl (C=O) groups excluding carboxylic acids is 3. The first-order valence-electron chi connectivity index (χ1n) is 10.8. The molecule has 0 spiro atoms. The molecule has 4 rings (SSSR count). The molecule has 174 valence electrons. The summed E-state index contributed by atoms with van der Waals surface area (Å²) in [6.07, 6.45) is -0.863. The lowest BCUT2D eigenvalue weighted by atomic mass is 9.86. The molecule has 1 aliphatic heterocycles. The third kappa shape index (κ3) is 3.90. The van der Waals surface area contributed by atoms with E-state index in [4.69, 9.17) is 14.2 Å². The van der Waals surface area contributed by atoms with Gasteiger partial charge in [0.05, 0.1) is 23.9 Å². The minimum atomic E-state index is -1.97. The van der Waals surface area contributed by atoms with Crippen LogP contribution in [0.25, 0.3) is 0 Å². The standard InChI is InChI=1S/C27H25NO6/c1-26(2,3)34-25(31)28-21-16-10-8-14-19(21)27(24(28)30,20-15-9-11-17-22(20)32-4)33-23(29)18-12-6-5-7-13-18/h5-17H,1-4H3/t27-/m1/s1. The van der Waals surface area contributed by atoms with Crippen molar-refractivity contribution in [3.63, 3.8) is 0 Å². The van der Waals surface area contributed by atoms with Crippen molar-refractivity contribution in [2.24, 2.45) is 0 Å². The number of fused-ring (bicyclic) bond motifs is 1. The number of amides is 2. The molecule has 0 fully saturated rings. The monoisotopic (exact) mass is 459 g/mol. The van der Waals surface area contributed by atoms with Gasteiger partial charge in [-0.3, -0.25) is 4.79 Å². The highest BCUT2D eigenvalue weighted by molar-refractivity contribution is 6.22. The van der Waals surface area contributed by atoms with Gasteiger partial charge >= 0.3 is 12.1 Å². The van der Waals surface area contributed by atoms with E-state index in [-0.39, 0.29) is 11.3 Å². The quantitative estimate of drug-likeness (QED) is 0.506. The van der Waals surface area contributed by atoms with Crippen LogP contribution in [0.3, 0.4) is 0 Å². The van der Waals surface area contributed by atoms with Gasteiger partial charge in [-0.25, -0.2) is 14.5 Å². The van der Waals surface area contributed by atoms with Crippen molar-refractivity contribution in [1.82, 2.24) is 0 Å². The van der Waals surface area contributed by atoms with Crippen molar-refractivity contribution >= 4 is 23.7 Å². The molecule has 3 aromatic carbocycles. The second-order valence-electron chi connectivity index (χ2n) is 8.78. The lowest BCUT2D eigenvalue weighted by Gasteiger charge is -2.30. The summed E-state index contributed by atoms with van der Waals surface area (Å²) in [6.45, 7) is 5.13. The number of rotatable bonds is 4. The fraction of sp³-hybridized carbons (Fsp3) is 0.222. The summed E-state index contributed by atoms with van der Waals surface area (Å²) < 4.78 is 17.1. The van der Waals surface area contributed by atoms with Crippen LogP contribution in [0.5, 0.6) is 5.75 Å². The molecular formula is C27H25NO6. The number of methoxy groups -OCH3 is 1. The number of nitrogens with zero attached hydrogens (tertiary/aromatic N) is 1. The van der Waals surface area contributed by atoms with Gasteiger partial charge in [-0.15, -0.1) is 0 Å². The molecule has 0 bridgehead atoms. The molecule has 0 saturated heterocycles. The Kier molecular flexibility index (Phi) is 5.87. The lowest BCUT2D eigenvalue weighted by molar-refractivity contribution is -0.133. The number of anilines is 1. The topological polar surface area (TPSA) is 82.1 Å². The van der Waals surface area contributed by atoms with Gasteiger partial charge in [0.15, 0.2) is 0 Å². The summed E-state index contributed by atoms with van der Waals surface area (Å²) in [5.41, 5.74) is -1.65. The molecule has 0 N–H and O–H groups in total. The summed E-state index contributed by atoms with van der Waals surface area (Å²) in [5, 5.41) is 0. The van der Waals surface area contributed by atoms with Gasteiger partial charge in [-0.1, -0.05) is 54.6 Å². The first-order valence-corrected chi connectivity index (χ1v) is 10.8. The van der Waals surface area contributed by atoms with Crippen LogP contribution in [0.4, 0.5) is 10.5 Å². The van der Waals surface area contributed by atoms with Crippen LogP contribution in [0, 0.1) is 0 Å². The molecule has 0 unspecified atom stereocenters. The van der Waals surface area contributed by atoms with E-state index in [1.807, 2.05) is 0 Å². The highest BCUT2D eigenvalue weighted by atomic mass is 16.6. The Morgan fingerprint density at radius 2 is 1.41 bits per heavy atom. The van der Waals surface area contributed by atoms with Crippen molar-refractivity contribution in [2.75, 3.05) is 12.0 Å². The zero-order valence-corrected chi connectivity index (χ0v) is 19.4. The number of carbonyl (C=O) groups is 3.